The van der Waals surface area contributed by atoms with Crippen molar-refractivity contribution in [2.24, 2.45) is 5.73 Å². The normalized spacial score (nSPS) is 12.7. The Bertz CT molecular complexity index is 308. The van der Waals surface area contributed by atoms with Crippen LogP contribution in [0.2, 0.25) is 0 Å². The van der Waals surface area contributed by atoms with Crippen LogP contribution in [-0.2, 0) is 11.3 Å². The van der Waals surface area contributed by atoms with Gasteiger partial charge in [-0.1, -0.05) is 12.1 Å². The van der Waals surface area contributed by atoms with Crippen LogP contribution in [0.4, 0.5) is 0 Å². The summed E-state index contributed by atoms with van der Waals surface area (Å²) in [6.07, 6.45) is 1.72. The molecule has 0 fully saturated rings. The summed E-state index contributed by atoms with van der Waals surface area (Å²) < 4.78 is 1.47. The minimum absolute atomic E-state index is 0.412. The molecule has 1 heterocycles. The molecular weight excluding hydrogens is 182 g/mol. The molecule has 0 aliphatic rings. The van der Waals surface area contributed by atoms with Crippen molar-refractivity contribution >= 4 is 5.91 Å². The molecule has 6 heteroatoms. The van der Waals surface area contributed by atoms with E-state index in [9.17, 15) is 4.79 Å². The molecule has 0 spiro atoms. The molecule has 1 unspecified atom stereocenters. The lowest BCUT2D eigenvalue weighted by Crippen LogP contribution is -2.24. The Labute approximate surface area is 82.5 Å². The lowest BCUT2D eigenvalue weighted by molar-refractivity contribution is -0.120. The summed E-state index contributed by atoms with van der Waals surface area (Å²) in [7, 11) is 0. The Morgan fingerprint density at radius 1 is 1.79 bits per heavy atom. The predicted octanol–water partition coefficient (Wildman–Crippen LogP) is -0.566. The largest absolute Gasteiger partial charge is 0.368 e. The second kappa shape index (κ2) is 4.71. The van der Waals surface area contributed by atoms with E-state index < -0.39 is 11.9 Å². The second-order valence-corrected chi connectivity index (χ2v) is 3.05. The number of nitrogens with two attached hydrogens (primary N) is 1. The number of hydrogen-bond acceptors (Lipinski definition) is 4. The Kier molecular flexibility index (Phi) is 3.58. The van der Waals surface area contributed by atoms with Crippen LogP contribution in [0.15, 0.2) is 6.20 Å². The Morgan fingerprint density at radius 2 is 2.50 bits per heavy atom. The van der Waals surface area contributed by atoms with Crippen molar-refractivity contribution in [3.8, 4) is 0 Å². The third-order valence-corrected chi connectivity index (χ3v) is 1.92. The van der Waals surface area contributed by atoms with Crippen LogP contribution < -0.4 is 11.1 Å². The van der Waals surface area contributed by atoms with Gasteiger partial charge in [0.15, 0.2) is 0 Å². The van der Waals surface area contributed by atoms with Crippen LogP contribution >= 0.6 is 0 Å². The molecule has 1 atom stereocenters. The molecular formula is C8H15N5O. The number of aromatic nitrogens is 3. The summed E-state index contributed by atoms with van der Waals surface area (Å²) in [5.74, 6) is -0.412. The smallest absolute Gasteiger partial charge is 0.242 e. The molecule has 1 amide bonds. The van der Waals surface area contributed by atoms with Crippen molar-refractivity contribution in [1.82, 2.24) is 20.3 Å². The summed E-state index contributed by atoms with van der Waals surface area (Å²) >= 11 is 0. The highest BCUT2D eigenvalue weighted by atomic mass is 16.1. The molecule has 6 nitrogen and oxygen atoms in total. The number of hydrogen-bond donors (Lipinski definition) is 2. The summed E-state index contributed by atoms with van der Waals surface area (Å²) in [5, 5.41) is 10.8. The van der Waals surface area contributed by atoms with Gasteiger partial charge in [-0.2, -0.15) is 0 Å². The van der Waals surface area contributed by atoms with E-state index in [-0.39, 0.29) is 0 Å². The molecule has 1 aromatic heterocycles. The average Bonchev–Trinajstić information content (AvgIpc) is 2.61. The van der Waals surface area contributed by atoms with Gasteiger partial charge in [-0.05, 0) is 13.5 Å². The van der Waals surface area contributed by atoms with E-state index in [2.05, 4.69) is 15.6 Å². The minimum Gasteiger partial charge on any atom is -0.368 e. The molecule has 0 radical (unpaired) electrons. The highest BCUT2D eigenvalue weighted by Gasteiger charge is 2.12. The summed E-state index contributed by atoms with van der Waals surface area (Å²) in [4.78, 5) is 10.8. The lowest BCUT2D eigenvalue weighted by Gasteiger charge is -2.04. The molecule has 0 saturated carbocycles. The van der Waals surface area contributed by atoms with E-state index in [1.807, 2.05) is 6.92 Å². The average molecular weight is 197 g/mol. The van der Waals surface area contributed by atoms with Crippen molar-refractivity contribution in [2.75, 3.05) is 6.54 Å². The van der Waals surface area contributed by atoms with Gasteiger partial charge in [0, 0.05) is 6.54 Å². The molecule has 0 aliphatic heterocycles. The van der Waals surface area contributed by atoms with Gasteiger partial charge in [-0.3, -0.25) is 4.79 Å². The Morgan fingerprint density at radius 3 is 3.07 bits per heavy atom. The molecule has 3 N–H and O–H groups in total. The van der Waals surface area contributed by atoms with E-state index in [1.165, 1.54) is 4.68 Å². The first kappa shape index (κ1) is 10.6. The zero-order chi connectivity index (χ0) is 10.6. The van der Waals surface area contributed by atoms with Crippen LogP contribution in [0.5, 0.6) is 0 Å². The molecule has 14 heavy (non-hydrogen) atoms. The van der Waals surface area contributed by atoms with Gasteiger partial charge in [0.1, 0.15) is 6.04 Å². The fourth-order valence-electron chi connectivity index (χ4n) is 0.967. The van der Waals surface area contributed by atoms with Gasteiger partial charge in [-0.15, -0.1) is 5.10 Å². The number of amides is 1. The van der Waals surface area contributed by atoms with Crippen molar-refractivity contribution in [1.29, 1.82) is 0 Å². The van der Waals surface area contributed by atoms with E-state index >= 15 is 0 Å². The number of carbonyl (C=O) groups excluding carboxylic acids is 1. The molecule has 0 bridgehead atoms. The van der Waals surface area contributed by atoms with Gasteiger partial charge < -0.3 is 11.1 Å². The van der Waals surface area contributed by atoms with Gasteiger partial charge in [0.2, 0.25) is 5.91 Å². The van der Waals surface area contributed by atoms with Gasteiger partial charge in [0.05, 0.1) is 11.9 Å². The molecule has 0 saturated heterocycles. The number of nitrogens with one attached hydrogen (secondary N) is 1. The van der Waals surface area contributed by atoms with E-state index in [1.54, 1.807) is 13.1 Å². The topological polar surface area (TPSA) is 85.8 Å². The first-order valence-electron chi connectivity index (χ1n) is 4.56. The number of rotatable bonds is 5. The zero-order valence-electron chi connectivity index (χ0n) is 8.40. The molecule has 0 aromatic carbocycles. The third-order valence-electron chi connectivity index (χ3n) is 1.92. The molecule has 1 rings (SSSR count). The Balaban J connectivity index is 2.63. The van der Waals surface area contributed by atoms with Crippen molar-refractivity contribution in [2.45, 2.75) is 26.4 Å². The molecule has 0 aliphatic carbocycles. The maximum absolute atomic E-state index is 10.8. The van der Waals surface area contributed by atoms with Crippen LogP contribution in [0, 0.1) is 0 Å². The SMILES string of the molecule is CCNCc1cn(C(C)C(N)=O)nn1. The van der Waals surface area contributed by atoms with Crippen LogP contribution in [0.25, 0.3) is 0 Å². The lowest BCUT2D eigenvalue weighted by atomic mass is 10.3. The third kappa shape index (κ3) is 2.53. The maximum atomic E-state index is 10.8. The standard InChI is InChI=1S/C8H15N5O/c1-3-10-4-7-5-13(12-11-7)6(2)8(9)14/h5-6,10H,3-4H2,1-2H3,(H2,9,14). The fraction of sp³-hybridized carbons (Fsp3) is 0.625. The summed E-state index contributed by atoms with van der Waals surface area (Å²) in [5.41, 5.74) is 5.94. The van der Waals surface area contributed by atoms with Crippen LogP contribution in [-0.4, -0.2) is 27.4 Å². The fourth-order valence-corrected chi connectivity index (χ4v) is 0.967. The minimum atomic E-state index is -0.446. The highest BCUT2D eigenvalue weighted by Crippen LogP contribution is 2.02. The summed E-state index contributed by atoms with van der Waals surface area (Å²) in [6.45, 7) is 5.23. The van der Waals surface area contributed by atoms with Crippen LogP contribution in [0.3, 0.4) is 0 Å². The Hall–Kier alpha value is -1.43. The zero-order valence-corrected chi connectivity index (χ0v) is 8.40. The van der Waals surface area contributed by atoms with Crippen molar-refractivity contribution in [3.05, 3.63) is 11.9 Å². The van der Waals surface area contributed by atoms with E-state index in [0.29, 0.717) is 6.54 Å². The number of carbonyl (C=O) groups is 1. The maximum Gasteiger partial charge on any atom is 0.242 e. The molecule has 1 aromatic rings. The number of primary amides is 1. The van der Waals surface area contributed by atoms with E-state index in [4.69, 9.17) is 5.73 Å². The van der Waals surface area contributed by atoms with Crippen molar-refractivity contribution < 1.29 is 4.79 Å². The number of nitrogens with zero attached hydrogens (tertiary/aromatic N) is 3. The van der Waals surface area contributed by atoms with E-state index in [0.717, 1.165) is 12.2 Å². The quantitative estimate of drug-likeness (QED) is 0.662. The highest BCUT2D eigenvalue weighted by molar-refractivity contribution is 5.77. The van der Waals surface area contributed by atoms with Crippen molar-refractivity contribution in [3.63, 3.8) is 0 Å². The second-order valence-electron chi connectivity index (χ2n) is 3.05. The first-order chi connectivity index (χ1) is 6.65. The monoisotopic (exact) mass is 197 g/mol. The van der Waals surface area contributed by atoms with Gasteiger partial charge >= 0.3 is 0 Å². The predicted molar refractivity (Wildman–Crippen MR) is 51.3 cm³/mol. The first-order valence-corrected chi connectivity index (χ1v) is 4.56. The van der Waals surface area contributed by atoms with Gasteiger partial charge in [0.25, 0.3) is 0 Å². The van der Waals surface area contributed by atoms with Gasteiger partial charge in [-0.25, -0.2) is 4.68 Å². The van der Waals surface area contributed by atoms with Crippen LogP contribution in [0.1, 0.15) is 25.6 Å². The summed E-state index contributed by atoms with van der Waals surface area (Å²) in [6, 6.07) is -0.446. The molecule has 78 valence electrons.